The first-order valence-corrected chi connectivity index (χ1v) is 2.74. The highest BCUT2D eigenvalue weighted by Crippen LogP contribution is 2.22. The lowest BCUT2D eigenvalue weighted by Crippen LogP contribution is -2.09. The first-order chi connectivity index (χ1) is 4.50. The average Bonchev–Trinajstić information content (AvgIpc) is 2.11. The molecular formula is C5H7F2N3. The molecule has 0 aliphatic heterocycles. The van der Waals surface area contributed by atoms with Gasteiger partial charge in [-0.05, 0) is 0 Å². The third-order valence-electron chi connectivity index (χ3n) is 0.992. The molecule has 1 aromatic rings. The lowest BCUT2D eigenvalue weighted by Gasteiger charge is -2.02. The number of aryl methyl sites for hydroxylation is 1. The molecule has 0 N–H and O–H groups in total. The van der Waals surface area contributed by atoms with Crippen molar-refractivity contribution in [3.63, 3.8) is 0 Å². The molecule has 0 aliphatic rings. The molecule has 0 unspecified atom stereocenters. The molecule has 1 rings (SSSR count). The lowest BCUT2D eigenvalue weighted by molar-refractivity contribution is 0.00767. The van der Waals surface area contributed by atoms with Crippen LogP contribution in [0.2, 0.25) is 0 Å². The predicted octanol–water partition coefficient (Wildman–Crippen LogP) is 0.927. The summed E-state index contributed by atoms with van der Waals surface area (Å²) in [5, 5.41) is 3.44. The van der Waals surface area contributed by atoms with Crippen molar-refractivity contribution >= 4 is 0 Å². The molecule has 5 heteroatoms. The number of halogens is 2. The fourth-order valence-corrected chi connectivity index (χ4v) is 0.540. The summed E-state index contributed by atoms with van der Waals surface area (Å²) in [5.74, 6) is -3.36. The summed E-state index contributed by atoms with van der Waals surface area (Å²) in [6.45, 7) is 0.766. The van der Waals surface area contributed by atoms with E-state index in [9.17, 15) is 8.78 Å². The molecule has 0 aromatic carbocycles. The summed E-state index contributed by atoms with van der Waals surface area (Å²) < 4.78 is 25.9. The van der Waals surface area contributed by atoms with Crippen molar-refractivity contribution in [2.75, 3.05) is 0 Å². The summed E-state index contributed by atoms with van der Waals surface area (Å²) >= 11 is 0. The van der Waals surface area contributed by atoms with Gasteiger partial charge in [0.15, 0.2) is 0 Å². The van der Waals surface area contributed by atoms with Crippen LogP contribution < -0.4 is 0 Å². The van der Waals surface area contributed by atoms with Gasteiger partial charge in [-0.25, -0.2) is 4.98 Å². The molecule has 0 bridgehead atoms. The maximum Gasteiger partial charge on any atom is 0.305 e. The molecule has 0 atom stereocenters. The van der Waals surface area contributed by atoms with Gasteiger partial charge in [-0.1, -0.05) is 0 Å². The van der Waals surface area contributed by atoms with Gasteiger partial charge in [-0.2, -0.15) is 8.78 Å². The van der Waals surface area contributed by atoms with Gasteiger partial charge in [0, 0.05) is 14.0 Å². The molecule has 0 saturated heterocycles. The zero-order valence-electron chi connectivity index (χ0n) is 5.67. The largest absolute Gasteiger partial charge is 0.305 e. The second-order valence-electron chi connectivity index (χ2n) is 2.13. The molecule has 0 spiro atoms. The fourth-order valence-electron chi connectivity index (χ4n) is 0.540. The second kappa shape index (κ2) is 2.00. The van der Waals surface area contributed by atoms with Crippen molar-refractivity contribution < 1.29 is 8.78 Å². The number of aromatic nitrogens is 3. The Bertz CT molecular complexity index is 225. The van der Waals surface area contributed by atoms with Gasteiger partial charge in [0.1, 0.15) is 6.33 Å². The van der Waals surface area contributed by atoms with Crippen molar-refractivity contribution in [2.45, 2.75) is 12.8 Å². The molecule has 0 aliphatic carbocycles. The summed E-state index contributed by atoms with van der Waals surface area (Å²) in [7, 11) is 1.54. The van der Waals surface area contributed by atoms with Crippen molar-refractivity contribution in [1.82, 2.24) is 14.8 Å². The smallest absolute Gasteiger partial charge is 0.256 e. The molecule has 56 valence electrons. The van der Waals surface area contributed by atoms with Crippen molar-refractivity contribution in [1.29, 1.82) is 0 Å². The third-order valence-corrected chi connectivity index (χ3v) is 0.992. The van der Waals surface area contributed by atoms with E-state index >= 15 is 0 Å². The Morgan fingerprint density at radius 1 is 1.60 bits per heavy atom. The van der Waals surface area contributed by atoms with E-state index in [-0.39, 0.29) is 0 Å². The van der Waals surface area contributed by atoms with Crippen LogP contribution >= 0.6 is 0 Å². The van der Waals surface area contributed by atoms with E-state index in [1.54, 1.807) is 7.05 Å². The Kier molecular flexibility index (Phi) is 1.42. The standard InChI is InChI=1S/C5H7F2N3/c1-5(6,7)4-8-3-10(2)9-4/h3H,1-2H3. The normalized spacial score (nSPS) is 12.0. The van der Waals surface area contributed by atoms with Crippen LogP contribution in [-0.2, 0) is 13.0 Å². The van der Waals surface area contributed by atoms with Crippen LogP contribution in [-0.4, -0.2) is 14.8 Å². The first kappa shape index (κ1) is 7.11. The number of rotatable bonds is 1. The van der Waals surface area contributed by atoms with Crippen LogP contribution in [0.5, 0.6) is 0 Å². The van der Waals surface area contributed by atoms with Crippen molar-refractivity contribution in [2.24, 2.45) is 7.05 Å². The summed E-state index contributed by atoms with van der Waals surface area (Å²) in [6.07, 6.45) is 1.24. The van der Waals surface area contributed by atoms with Gasteiger partial charge in [0.2, 0.25) is 5.82 Å². The quantitative estimate of drug-likeness (QED) is 0.591. The molecule has 0 saturated carbocycles. The average molecular weight is 147 g/mol. The SMILES string of the molecule is Cn1cnc(C(C)(F)F)n1. The van der Waals surface area contributed by atoms with Gasteiger partial charge < -0.3 is 0 Å². The van der Waals surface area contributed by atoms with E-state index < -0.39 is 11.7 Å². The predicted molar refractivity (Wildman–Crippen MR) is 30.6 cm³/mol. The molecule has 1 heterocycles. The van der Waals surface area contributed by atoms with Crippen LogP contribution in [0.4, 0.5) is 8.78 Å². The lowest BCUT2D eigenvalue weighted by atomic mass is 10.4. The number of nitrogens with zero attached hydrogens (tertiary/aromatic N) is 3. The summed E-state index contributed by atoms with van der Waals surface area (Å²) in [4.78, 5) is 3.39. The number of hydrogen-bond donors (Lipinski definition) is 0. The highest BCUT2D eigenvalue weighted by atomic mass is 19.3. The Labute approximate surface area is 56.7 Å². The van der Waals surface area contributed by atoms with Crippen LogP contribution in [0.15, 0.2) is 6.33 Å². The van der Waals surface area contributed by atoms with E-state index in [0.717, 1.165) is 6.92 Å². The maximum atomic E-state index is 12.3. The number of alkyl halides is 2. The van der Waals surface area contributed by atoms with Crippen LogP contribution in [0.3, 0.4) is 0 Å². The zero-order chi connectivity index (χ0) is 7.78. The van der Waals surface area contributed by atoms with E-state index in [2.05, 4.69) is 10.1 Å². The van der Waals surface area contributed by atoms with Gasteiger partial charge in [0.05, 0.1) is 0 Å². The first-order valence-electron chi connectivity index (χ1n) is 2.74. The van der Waals surface area contributed by atoms with E-state index in [1.165, 1.54) is 11.0 Å². The highest BCUT2D eigenvalue weighted by molar-refractivity contribution is 4.89. The Balaban J connectivity index is 2.96. The topological polar surface area (TPSA) is 30.7 Å². The molecule has 0 radical (unpaired) electrons. The van der Waals surface area contributed by atoms with Gasteiger partial charge in [-0.15, -0.1) is 5.10 Å². The van der Waals surface area contributed by atoms with Crippen molar-refractivity contribution in [3.8, 4) is 0 Å². The van der Waals surface area contributed by atoms with E-state index in [4.69, 9.17) is 0 Å². The summed E-state index contributed by atoms with van der Waals surface area (Å²) in [5.41, 5.74) is 0. The maximum absolute atomic E-state index is 12.3. The summed E-state index contributed by atoms with van der Waals surface area (Å²) in [6, 6.07) is 0. The van der Waals surface area contributed by atoms with Crippen molar-refractivity contribution in [3.05, 3.63) is 12.2 Å². The minimum atomic E-state index is -2.93. The van der Waals surface area contributed by atoms with Crippen LogP contribution in [0.1, 0.15) is 12.7 Å². The molecule has 0 fully saturated rings. The van der Waals surface area contributed by atoms with Crippen LogP contribution in [0.25, 0.3) is 0 Å². The fraction of sp³-hybridized carbons (Fsp3) is 0.600. The number of hydrogen-bond acceptors (Lipinski definition) is 2. The Morgan fingerprint density at radius 3 is 2.40 bits per heavy atom. The van der Waals surface area contributed by atoms with E-state index in [0.29, 0.717) is 0 Å². The zero-order valence-corrected chi connectivity index (χ0v) is 5.67. The van der Waals surface area contributed by atoms with Crippen LogP contribution in [0, 0.1) is 0 Å². The molecule has 10 heavy (non-hydrogen) atoms. The monoisotopic (exact) mass is 147 g/mol. The van der Waals surface area contributed by atoms with Gasteiger partial charge >= 0.3 is 5.92 Å². The van der Waals surface area contributed by atoms with Gasteiger partial charge in [-0.3, -0.25) is 4.68 Å². The Hall–Kier alpha value is -1.00. The molecule has 0 amide bonds. The molecular weight excluding hydrogens is 140 g/mol. The molecule has 1 aromatic heterocycles. The van der Waals surface area contributed by atoms with E-state index in [1.807, 2.05) is 0 Å². The Morgan fingerprint density at radius 2 is 2.20 bits per heavy atom. The van der Waals surface area contributed by atoms with Gasteiger partial charge in [0.25, 0.3) is 0 Å². The second-order valence-corrected chi connectivity index (χ2v) is 2.13. The highest BCUT2D eigenvalue weighted by Gasteiger charge is 2.28. The molecule has 3 nitrogen and oxygen atoms in total. The minimum Gasteiger partial charge on any atom is -0.256 e. The third kappa shape index (κ3) is 1.29. The minimum absolute atomic E-state index is 0.435.